The molecule has 1 saturated carbocycles. The summed E-state index contributed by atoms with van der Waals surface area (Å²) in [5, 5.41) is 0. The number of hydrogen-bond acceptors (Lipinski definition) is 6. The van der Waals surface area contributed by atoms with Crippen molar-refractivity contribution in [1.82, 2.24) is 19.8 Å². The Labute approximate surface area is 196 Å². The van der Waals surface area contributed by atoms with Crippen LogP contribution in [0.1, 0.15) is 36.1 Å². The van der Waals surface area contributed by atoms with Crippen molar-refractivity contribution in [3.63, 3.8) is 0 Å². The molecule has 1 saturated heterocycles. The van der Waals surface area contributed by atoms with E-state index in [2.05, 4.69) is 9.80 Å². The van der Waals surface area contributed by atoms with Crippen LogP contribution in [0.25, 0.3) is 6.08 Å². The Kier molecular flexibility index (Phi) is 6.58. The highest BCUT2D eigenvalue weighted by molar-refractivity contribution is 5.91. The zero-order valence-corrected chi connectivity index (χ0v) is 19.4. The highest BCUT2D eigenvalue weighted by Gasteiger charge is 2.29. The maximum absolute atomic E-state index is 12.8. The van der Waals surface area contributed by atoms with Gasteiger partial charge in [-0.3, -0.25) is 9.69 Å². The zero-order valence-electron chi connectivity index (χ0n) is 19.4. The molecule has 7 heteroatoms. The highest BCUT2D eigenvalue weighted by atomic mass is 16.5. The van der Waals surface area contributed by atoms with E-state index in [1.807, 2.05) is 41.4 Å². The third-order valence-corrected chi connectivity index (χ3v) is 7.25. The molecule has 33 heavy (non-hydrogen) atoms. The number of methoxy groups -OCH3 is 1. The summed E-state index contributed by atoms with van der Waals surface area (Å²) < 4.78 is 5.19. The molecular formula is C26H33N5O2. The van der Waals surface area contributed by atoms with E-state index in [4.69, 9.17) is 14.7 Å². The van der Waals surface area contributed by atoms with Crippen LogP contribution < -0.4 is 9.64 Å². The summed E-state index contributed by atoms with van der Waals surface area (Å²) in [6, 6.07) is 8.50. The number of piperazine rings is 1. The van der Waals surface area contributed by atoms with Crippen LogP contribution in [0.3, 0.4) is 0 Å². The summed E-state index contributed by atoms with van der Waals surface area (Å²) >= 11 is 0. The predicted molar refractivity (Wildman–Crippen MR) is 129 cm³/mol. The number of benzene rings is 1. The SMILES string of the molecule is COc1ccc(C=CC(=O)N2CCc3cnc(N4CCN(C5CCC5)CC4)nc3CC2)cc1. The molecule has 0 bridgehead atoms. The molecule has 2 fully saturated rings. The quantitative estimate of drug-likeness (QED) is 0.657. The number of amides is 1. The Morgan fingerprint density at radius 3 is 2.48 bits per heavy atom. The second-order valence-electron chi connectivity index (χ2n) is 9.18. The molecule has 0 radical (unpaired) electrons. The van der Waals surface area contributed by atoms with E-state index in [0.717, 1.165) is 68.0 Å². The Hall–Kier alpha value is -2.93. The molecule has 1 aromatic carbocycles. The van der Waals surface area contributed by atoms with Gasteiger partial charge in [0.1, 0.15) is 5.75 Å². The first-order chi connectivity index (χ1) is 16.2. The number of carbonyl (C=O) groups excluding carboxylic acids is 1. The van der Waals surface area contributed by atoms with Gasteiger partial charge >= 0.3 is 0 Å². The number of nitrogens with zero attached hydrogens (tertiary/aromatic N) is 5. The minimum Gasteiger partial charge on any atom is -0.497 e. The summed E-state index contributed by atoms with van der Waals surface area (Å²) in [6.45, 7) is 5.58. The molecule has 0 N–H and O–H groups in total. The topological polar surface area (TPSA) is 61.8 Å². The maximum Gasteiger partial charge on any atom is 0.246 e. The fourth-order valence-electron chi connectivity index (χ4n) is 4.86. The number of fused-ring (bicyclic) bond motifs is 1. The van der Waals surface area contributed by atoms with Crippen LogP contribution in [0.2, 0.25) is 0 Å². The van der Waals surface area contributed by atoms with Gasteiger partial charge in [0.05, 0.1) is 12.8 Å². The van der Waals surface area contributed by atoms with Crippen molar-refractivity contribution in [2.75, 3.05) is 51.3 Å². The van der Waals surface area contributed by atoms with E-state index in [1.165, 1.54) is 24.8 Å². The van der Waals surface area contributed by atoms with Crippen molar-refractivity contribution >= 4 is 17.9 Å². The van der Waals surface area contributed by atoms with Gasteiger partial charge in [0.25, 0.3) is 0 Å². The average Bonchev–Trinajstić information content (AvgIpc) is 3.04. The van der Waals surface area contributed by atoms with Crippen LogP contribution in [0.5, 0.6) is 5.75 Å². The van der Waals surface area contributed by atoms with Crippen molar-refractivity contribution in [3.05, 3.63) is 53.4 Å². The van der Waals surface area contributed by atoms with Crippen LogP contribution in [0.15, 0.2) is 36.5 Å². The first-order valence-electron chi connectivity index (χ1n) is 12.1. The monoisotopic (exact) mass is 447 g/mol. The Bertz CT molecular complexity index is 994. The molecule has 1 aromatic heterocycles. The molecule has 1 aliphatic carbocycles. The second kappa shape index (κ2) is 9.91. The summed E-state index contributed by atoms with van der Waals surface area (Å²) in [5.74, 6) is 1.70. The van der Waals surface area contributed by atoms with Gasteiger partial charge < -0.3 is 14.5 Å². The summed E-state index contributed by atoms with van der Waals surface area (Å²) in [6.07, 6.45) is 11.2. The van der Waals surface area contributed by atoms with Crippen LogP contribution >= 0.6 is 0 Å². The lowest BCUT2D eigenvalue weighted by Gasteiger charge is -2.43. The van der Waals surface area contributed by atoms with Gasteiger partial charge in [-0.2, -0.15) is 0 Å². The van der Waals surface area contributed by atoms with E-state index in [9.17, 15) is 4.79 Å². The maximum atomic E-state index is 12.8. The molecule has 7 nitrogen and oxygen atoms in total. The Morgan fingerprint density at radius 2 is 1.79 bits per heavy atom. The second-order valence-corrected chi connectivity index (χ2v) is 9.18. The van der Waals surface area contributed by atoms with E-state index in [1.54, 1.807) is 13.2 Å². The smallest absolute Gasteiger partial charge is 0.246 e. The number of rotatable bonds is 5. The molecule has 3 aliphatic rings. The largest absolute Gasteiger partial charge is 0.497 e. The van der Waals surface area contributed by atoms with Crippen LogP contribution in [0.4, 0.5) is 5.95 Å². The van der Waals surface area contributed by atoms with Gasteiger partial charge in [-0.05, 0) is 48.6 Å². The highest BCUT2D eigenvalue weighted by Crippen LogP contribution is 2.26. The van der Waals surface area contributed by atoms with Crippen molar-refractivity contribution in [2.45, 2.75) is 38.1 Å². The van der Waals surface area contributed by atoms with Gasteiger partial charge in [-0.25, -0.2) is 9.97 Å². The van der Waals surface area contributed by atoms with Gasteiger partial charge in [-0.1, -0.05) is 18.6 Å². The van der Waals surface area contributed by atoms with E-state index in [-0.39, 0.29) is 5.91 Å². The minimum absolute atomic E-state index is 0.0407. The van der Waals surface area contributed by atoms with Crippen LogP contribution in [-0.4, -0.2) is 78.1 Å². The number of anilines is 1. The third-order valence-electron chi connectivity index (χ3n) is 7.25. The van der Waals surface area contributed by atoms with Crippen LogP contribution in [-0.2, 0) is 17.6 Å². The normalized spacial score (nSPS) is 19.8. The molecule has 3 heterocycles. The van der Waals surface area contributed by atoms with Crippen molar-refractivity contribution in [3.8, 4) is 5.75 Å². The fourth-order valence-corrected chi connectivity index (χ4v) is 4.86. The molecule has 1 amide bonds. The van der Waals surface area contributed by atoms with E-state index < -0.39 is 0 Å². The lowest BCUT2D eigenvalue weighted by atomic mass is 9.91. The van der Waals surface area contributed by atoms with Gasteiger partial charge in [0.15, 0.2) is 0 Å². The molecule has 0 atom stereocenters. The number of carbonyl (C=O) groups is 1. The molecule has 174 valence electrons. The van der Waals surface area contributed by atoms with Crippen molar-refractivity contribution in [1.29, 1.82) is 0 Å². The molecular weight excluding hydrogens is 414 g/mol. The zero-order chi connectivity index (χ0) is 22.6. The van der Waals surface area contributed by atoms with Crippen molar-refractivity contribution in [2.24, 2.45) is 0 Å². The Morgan fingerprint density at radius 1 is 1.03 bits per heavy atom. The Balaban J connectivity index is 1.18. The third kappa shape index (κ3) is 5.03. The summed E-state index contributed by atoms with van der Waals surface area (Å²) in [4.78, 5) is 29.3. The average molecular weight is 448 g/mol. The molecule has 2 aromatic rings. The number of aromatic nitrogens is 2. The number of hydrogen-bond donors (Lipinski definition) is 0. The van der Waals surface area contributed by atoms with Crippen molar-refractivity contribution < 1.29 is 9.53 Å². The minimum atomic E-state index is 0.0407. The number of ether oxygens (including phenoxy) is 1. The molecule has 5 rings (SSSR count). The molecule has 2 aliphatic heterocycles. The predicted octanol–water partition coefficient (Wildman–Crippen LogP) is 2.80. The molecule has 0 spiro atoms. The lowest BCUT2D eigenvalue weighted by Crippen LogP contribution is -2.52. The van der Waals surface area contributed by atoms with E-state index >= 15 is 0 Å². The first kappa shape index (κ1) is 21.9. The fraction of sp³-hybridized carbons (Fsp3) is 0.500. The molecule has 0 unspecified atom stereocenters. The van der Waals surface area contributed by atoms with E-state index in [0.29, 0.717) is 13.1 Å². The van der Waals surface area contributed by atoms with Gasteiger partial charge in [-0.15, -0.1) is 0 Å². The summed E-state index contributed by atoms with van der Waals surface area (Å²) in [5.41, 5.74) is 3.24. The van der Waals surface area contributed by atoms with Gasteiger partial charge in [0, 0.05) is 64.0 Å². The van der Waals surface area contributed by atoms with Crippen LogP contribution in [0, 0.1) is 0 Å². The standard InChI is InChI=1S/C26H33N5O2/c1-33-23-8-5-20(6-9-23)7-10-25(32)30-13-11-21-19-27-26(28-24(21)12-14-30)31-17-15-29(16-18-31)22-3-2-4-22/h5-10,19,22H,2-4,11-18H2,1H3. The first-order valence-corrected chi connectivity index (χ1v) is 12.1. The lowest BCUT2D eigenvalue weighted by molar-refractivity contribution is -0.125. The summed E-state index contributed by atoms with van der Waals surface area (Å²) in [7, 11) is 1.65. The van der Waals surface area contributed by atoms with Gasteiger partial charge in [0.2, 0.25) is 11.9 Å².